The van der Waals surface area contributed by atoms with Gasteiger partial charge in [-0.1, -0.05) is 29.3 Å². The van der Waals surface area contributed by atoms with Crippen LogP contribution in [0.4, 0.5) is 0 Å². The number of rotatable bonds is 6. The largest absolute Gasteiger partial charge is 0.356 e. The van der Waals surface area contributed by atoms with E-state index in [9.17, 15) is 0 Å². The van der Waals surface area contributed by atoms with Crippen LogP contribution in [0, 0.1) is 6.92 Å². The summed E-state index contributed by atoms with van der Waals surface area (Å²) in [6.45, 7) is 3.57. The van der Waals surface area contributed by atoms with Crippen molar-refractivity contribution >= 4 is 40.5 Å². The van der Waals surface area contributed by atoms with E-state index in [1.807, 2.05) is 24.6 Å². The molecule has 0 fully saturated rings. The Kier molecular flexibility index (Phi) is 7.15. The lowest BCUT2D eigenvalue weighted by atomic mass is 10.1. The van der Waals surface area contributed by atoms with E-state index in [-0.39, 0.29) is 0 Å². The van der Waals surface area contributed by atoms with E-state index in [2.05, 4.69) is 20.6 Å². The molecule has 2 aromatic rings. The lowest BCUT2D eigenvalue weighted by Gasteiger charge is -2.11. The van der Waals surface area contributed by atoms with Gasteiger partial charge in [0.15, 0.2) is 5.96 Å². The summed E-state index contributed by atoms with van der Waals surface area (Å²) < 4.78 is 0. The molecule has 4 nitrogen and oxygen atoms in total. The lowest BCUT2D eigenvalue weighted by Crippen LogP contribution is -2.37. The predicted molar refractivity (Wildman–Crippen MR) is 99.8 cm³/mol. The van der Waals surface area contributed by atoms with Gasteiger partial charge in [0.25, 0.3) is 0 Å². The average Bonchev–Trinajstić information content (AvgIpc) is 2.93. The molecule has 0 aliphatic carbocycles. The third-order valence-corrected chi connectivity index (χ3v) is 4.94. The maximum atomic E-state index is 6.17. The molecule has 0 saturated carbocycles. The Hall–Kier alpha value is -1.30. The molecule has 0 aliphatic heterocycles. The highest BCUT2D eigenvalue weighted by molar-refractivity contribution is 7.09. The first-order valence-corrected chi connectivity index (χ1v) is 9.01. The van der Waals surface area contributed by atoms with Crippen LogP contribution in [-0.2, 0) is 13.0 Å². The highest BCUT2D eigenvalue weighted by atomic mass is 35.5. The fourth-order valence-electron chi connectivity index (χ4n) is 2.09. The Morgan fingerprint density at radius 1 is 1.30 bits per heavy atom. The van der Waals surface area contributed by atoms with Crippen LogP contribution in [0.2, 0.25) is 10.0 Å². The number of halogens is 2. The lowest BCUT2D eigenvalue weighted by molar-refractivity contribution is 0.743. The van der Waals surface area contributed by atoms with Crippen molar-refractivity contribution in [1.82, 2.24) is 15.6 Å². The van der Waals surface area contributed by atoms with Gasteiger partial charge in [0.2, 0.25) is 0 Å². The first-order chi connectivity index (χ1) is 11.1. The van der Waals surface area contributed by atoms with Crippen molar-refractivity contribution in [3.05, 3.63) is 49.9 Å². The number of nitrogens with zero attached hydrogens (tertiary/aromatic N) is 2. The first kappa shape index (κ1) is 18.0. The summed E-state index contributed by atoms with van der Waals surface area (Å²) in [5, 5.41) is 7.99. The van der Waals surface area contributed by atoms with Crippen LogP contribution < -0.4 is 10.6 Å². The molecule has 1 heterocycles. The first-order valence-electron chi connectivity index (χ1n) is 7.37. The Balaban J connectivity index is 1.72. The van der Waals surface area contributed by atoms with Crippen LogP contribution in [0.5, 0.6) is 0 Å². The fourth-order valence-corrected chi connectivity index (χ4v) is 3.31. The summed E-state index contributed by atoms with van der Waals surface area (Å²) in [5.74, 6) is 0.792. The normalized spacial score (nSPS) is 11.6. The maximum Gasteiger partial charge on any atom is 0.191 e. The summed E-state index contributed by atoms with van der Waals surface area (Å²) in [7, 11) is 1.77. The summed E-state index contributed by atoms with van der Waals surface area (Å²) in [6.07, 6.45) is 1.86. The molecule has 23 heavy (non-hydrogen) atoms. The molecule has 2 rings (SSSR count). The van der Waals surface area contributed by atoms with Crippen molar-refractivity contribution in [2.75, 3.05) is 13.6 Å². The SMILES string of the molecule is CN=C(NCCCc1ccc(Cl)cc1Cl)NCc1scnc1C. The molecule has 0 aliphatic rings. The van der Waals surface area contributed by atoms with Gasteiger partial charge in [0, 0.05) is 28.5 Å². The number of guanidine groups is 1. The standard InChI is InChI=1S/C16H20Cl2N4S/c1-11-15(23-10-22-11)9-21-16(19-2)20-7-3-4-12-5-6-13(17)8-14(12)18/h5-6,8,10H,3-4,7,9H2,1-2H3,(H2,19,20,21). The Bertz CT molecular complexity index is 670. The Morgan fingerprint density at radius 3 is 2.78 bits per heavy atom. The van der Waals surface area contributed by atoms with Crippen LogP contribution in [0.1, 0.15) is 22.6 Å². The van der Waals surface area contributed by atoms with Gasteiger partial charge in [-0.15, -0.1) is 11.3 Å². The van der Waals surface area contributed by atoms with Gasteiger partial charge >= 0.3 is 0 Å². The van der Waals surface area contributed by atoms with Crippen molar-refractivity contribution < 1.29 is 0 Å². The highest BCUT2D eigenvalue weighted by Crippen LogP contribution is 2.21. The molecule has 0 spiro atoms. The summed E-state index contributed by atoms with van der Waals surface area (Å²) in [4.78, 5) is 9.69. The minimum Gasteiger partial charge on any atom is -0.356 e. The van der Waals surface area contributed by atoms with Gasteiger partial charge in [0.05, 0.1) is 17.7 Å². The molecule has 7 heteroatoms. The van der Waals surface area contributed by atoms with Gasteiger partial charge in [-0.3, -0.25) is 4.99 Å². The van der Waals surface area contributed by atoms with Crippen LogP contribution in [-0.4, -0.2) is 24.5 Å². The highest BCUT2D eigenvalue weighted by Gasteiger charge is 2.04. The maximum absolute atomic E-state index is 6.17. The molecule has 1 aromatic carbocycles. The third kappa shape index (κ3) is 5.68. The number of aromatic nitrogens is 1. The molecule has 2 N–H and O–H groups in total. The van der Waals surface area contributed by atoms with E-state index in [4.69, 9.17) is 23.2 Å². The molecule has 1 aromatic heterocycles. The number of thiazole rings is 1. The van der Waals surface area contributed by atoms with Gasteiger partial charge < -0.3 is 10.6 Å². The second-order valence-corrected chi connectivity index (χ2v) is 6.84. The summed E-state index contributed by atoms with van der Waals surface area (Å²) in [6, 6.07) is 5.63. The van der Waals surface area contributed by atoms with Crippen molar-refractivity contribution in [2.45, 2.75) is 26.3 Å². The minimum atomic E-state index is 0.667. The van der Waals surface area contributed by atoms with E-state index in [0.29, 0.717) is 5.02 Å². The van der Waals surface area contributed by atoms with Gasteiger partial charge in [-0.2, -0.15) is 0 Å². The van der Waals surface area contributed by atoms with Crippen LogP contribution in [0.15, 0.2) is 28.7 Å². The molecule has 124 valence electrons. The molecule has 0 radical (unpaired) electrons. The molecule has 0 saturated heterocycles. The van der Waals surface area contributed by atoms with Crippen molar-refractivity contribution in [2.24, 2.45) is 4.99 Å². The van der Waals surface area contributed by atoms with Gasteiger partial charge in [-0.25, -0.2) is 4.98 Å². The number of hydrogen-bond acceptors (Lipinski definition) is 3. The zero-order valence-electron chi connectivity index (χ0n) is 13.2. The van der Waals surface area contributed by atoms with E-state index in [1.165, 1.54) is 4.88 Å². The molecular formula is C16H20Cl2N4S. The monoisotopic (exact) mass is 370 g/mol. The van der Waals surface area contributed by atoms with Crippen molar-refractivity contribution in [3.63, 3.8) is 0 Å². The van der Waals surface area contributed by atoms with Crippen molar-refractivity contribution in [1.29, 1.82) is 0 Å². The average molecular weight is 371 g/mol. The van der Waals surface area contributed by atoms with E-state index in [0.717, 1.165) is 48.2 Å². The van der Waals surface area contributed by atoms with E-state index < -0.39 is 0 Å². The molecule has 0 bridgehead atoms. The number of aliphatic imine (C=N–C) groups is 1. The zero-order valence-corrected chi connectivity index (χ0v) is 15.5. The van der Waals surface area contributed by atoms with Crippen molar-refractivity contribution in [3.8, 4) is 0 Å². The van der Waals surface area contributed by atoms with Crippen LogP contribution >= 0.6 is 34.5 Å². The molecular weight excluding hydrogens is 351 g/mol. The Morgan fingerprint density at radius 2 is 2.13 bits per heavy atom. The van der Waals surface area contributed by atoms with Crippen LogP contribution in [0.25, 0.3) is 0 Å². The fraction of sp³-hybridized carbons (Fsp3) is 0.375. The topological polar surface area (TPSA) is 49.3 Å². The number of aryl methyl sites for hydroxylation is 2. The quantitative estimate of drug-likeness (QED) is 0.458. The molecule has 0 atom stereocenters. The molecule has 0 amide bonds. The predicted octanol–water partition coefficient (Wildman–Crippen LogP) is 4.06. The molecule has 0 unspecified atom stereocenters. The Labute approximate surface area is 151 Å². The summed E-state index contributed by atoms with van der Waals surface area (Å²) in [5.41, 5.74) is 4.04. The van der Waals surface area contributed by atoms with E-state index in [1.54, 1.807) is 24.5 Å². The zero-order chi connectivity index (χ0) is 16.7. The number of benzene rings is 1. The summed E-state index contributed by atoms with van der Waals surface area (Å²) >= 11 is 13.7. The number of hydrogen-bond donors (Lipinski definition) is 2. The van der Waals surface area contributed by atoms with Crippen LogP contribution in [0.3, 0.4) is 0 Å². The minimum absolute atomic E-state index is 0.667. The third-order valence-electron chi connectivity index (χ3n) is 3.42. The van der Waals surface area contributed by atoms with E-state index >= 15 is 0 Å². The number of nitrogens with one attached hydrogen (secondary N) is 2. The van der Waals surface area contributed by atoms with Gasteiger partial charge in [0.1, 0.15) is 0 Å². The smallest absolute Gasteiger partial charge is 0.191 e. The second-order valence-electron chi connectivity index (χ2n) is 5.05. The van der Waals surface area contributed by atoms with Gasteiger partial charge in [-0.05, 0) is 37.5 Å². The second kappa shape index (κ2) is 9.11.